The lowest BCUT2D eigenvalue weighted by Gasteiger charge is -2.29. The molecule has 1 amide bonds. The van der Waals surface area contributed by atoms with E-state index in [0.717, 1.165) is 26.3 Å². The molecule has 0 bridgehead atoms. The Morgan fingerprint density at radius 3 is 2.39 bits per heavy atom. The van der Waals surface area contributed by atoms with Crippen LogP contribution in [-0.2, 0) is 9.53 Å². The second-order valence-electron chi connectivity index (χ2n) is 7.73. The normalized spacial score (nSPS) is 18.6. The van der Waals surface area contributed by atoms with E-state index in [1.165, 1.54) is 0 Å². The standard InChI is InChI=1S/C20H16ClN3OS.C5H11NO/c1-12-17(19(25)24-13-7-3-2-4-8-13)18(15(11-22)20(26)23-12)14-9-5-6-10-16(14)21;1-6-2-4-7-5-3-6/h2-10,18,23,26H,1H3,(H,24,25);2-5H2,1H3. The molecule has 6 nitrogen and oxygen atoms in total. The predicted molar refractivity (Wildman–Crippen MR) is 135 cm³/mol. The molecular weight excluding hydrogens is 456 g/mol. The third kappa shape index (κ3) is 6.40. The van der Waals surface area contributed by atoms with E-state index < -0.39 is 5.92 Å². The van der Waals surface area contributed by atoms with Gasteiger partial charge in [-0.15, -0.1) is 12.6 Å². The van der Waals surface area contributed by atoms with Crippen LogP contribution in [0.3, 0.4) is 0 Å². The van der Waals surface area contributed by atoms with Crippen molar-refractivity contribution in [1.29, 1.82) is 5.26 Å². The monoisotopic (exact) mass is 482 g/mol. The average Bonchev–Trinajstić information content (AvgIpc) is 2.80. The number of anilines is 1. The molecule has 0 aromatic heterocycles. The topological polar surface area (TPSA) is 77.4 Å². The van der Waals surface area contributed by atoms with E-state index in [-0.39, 0.29) is 5.91 Å². The van der Waals surface area contributed by atoms with Crippen LogP contribution >= 0.6 is 24.2 Å². The number of carbonyl (C=O) groups excluding carboxylic acids is 1. The fourth-order valence-electron chi connectivity index (χ4n) is 3.62. The van der Waals surface area contributed by atoms with Crippen molar-refractivity contribution < 1.29 is 9.53 Å². The van der Waals surface area contributed by atoms with Crippen LogP contribution in [0.5, 0.6) is 0 Å². The van der Waals surface area contributed by atoms with Gasteiger partial charge >= 0.3 is 0 Å². The quantitative estimate of drug-likeness (QED) is 0.559. The minimum absolute atomic E-state index is 0.292. The molecule has 0 radical (unpaired) electrons. The molecular formula is C25H27ClN4O2S. The molecule has 2 heterocycles. The number of halogens is 1. The largest absolute Gasteiger partial charge is 0.379 e. The molecule has 4 rings (SSSR count). The lowest BCUT2D eigenvalue weighted by atomic mass is 9.82. The number of hydrogen-bond donors (Lipinski definition) is 3. The van der Waals surface area contributed by atoms with Crippen LogP contribution in [0.25, 0.3) is 0 Å². The Bertz CT molecular complexity index is 1090. The number of thiol groups is 1. The summed E-state index contributed by atoms with van der Waals surface area (Å²) >= 11 is 10.8. The summed E-state index contributed by atoms with van der Waals surface area (Å²) in [4.78, 5) is 15.3. The van der Waals surface area contributed by atoms with Gasteiger partial charge in [0.2, 0.25) is 0 Å². The number of allylic oxidation sites excluding steroid dienone is 2. The van der Waals surface area contributed by atoms with Gasteiger partial charge in [0.15, 0.2) is 0 Å². The molecule has 0 saturated carbocycles. The highest BCUT2D eigenvalue weighted by atomic mass is 35.5. The number of para-hydroxylation sites is 1. The number of nitrogens with zero attached hydrogens (tertiary/aromatic N) is 2. The van der Waals surface area contributed by atoms with E-state index in [2.05, 4.69) is 41.3 Å². The molecule has 1 atom stereocenters. The first-order valence-corrected chi connectivity index (χ1v) is 11.4. The molecule has 2 aromatic rings. The second-order valence-corrected chi connectivity index (χ2v) is 8.58. The van der Waals surface area contributed by atoms with Gasteiger partial charge in [0, 0.05) is 35.1 Å². The first-order chi connectivity index (χ1) is 15.9. The highest BCUT2D eigenvalue weighted by Gasteiger charge is 2.34. The van der Waals surface area contributed by atoms with E-state index in [4.69, 9.17) is 16.3 Å². The SMILES string of the molecule is CC1=C(C(=O)Nc2ccccc2)C(c2ccccc2Cl)C(C#N)=C(S)N1.CN1CCOCC1. The van der Waals surface area contributed by atoms with Gasteiger partial charge < -0.3 is 20.3 Å². The Labute approximate surface area is 205 Å². The van der Waals surface area contributed by atoms with Gasteiger partial charge in [0.05, 0.1) is 35.8 Å². The van der Waals surface area contributed by atoms with Crippen molar-refractivity contribution in [3.8, 4) is 6.07 Å². The summed E-state index contributed by atoms with van der Waals surface area (Å²) in [6.07, 6.45) is 0. The maximum Gasteiger partial charge on any atom is 0.254 e. The molecule has 2 aliphatic heterocycles. The van der Waals surface area contributed by atoms with Crippen molar-refractivity contribution in [2.45, 2.75) is 12.8 Å². The number of rotatable bonds is 3. The van der Waals surface area contributed by atoms with Crippen LogP contribution in [0.1, 0.15) is 18.4 Å². The minimum atomic E-state index is -0.592. The van der Waals surface area contributed by atoms with E-state index >= 15 is 0 Å². The molecule has 2 aliphatic rings. The van der Waals surface area contributed by atoms with E-state index in [1.54, 1.807) is 25.1 Å². The van der Waals surface area contributed by atoms with Crippen LogP contribution < -0.4 is 10.6 Å². The summed E-state index contributed by atoms with van der Waals surface area (Å²) < 4.78 is 5.10. The van der Waals surface area contributed by atoms with E-state index in [0.29, 0.717) is 38.1 Å². The number of amides is 1. The molecule has 2 N–H and O–H groups in total. The maximum atomic E-state index is 13.0. The molecule has 172 valence electrons. The fourth-order valence-corrected chi connectivity index (χ4v) is 4.22. The molecule has 1 unspecified atom stereocenters. The number of hydrogen-bond acceptors (Lipinski definition) is 6. The Morgan fingerprint density at radius 1 is 1.18 bits per heavy atom. The average molecular weight is 483 g/mol. The van der Waals surface area contributed by atoms with Gasteiger partial charge in [-0.1, -0.05) is 48.0 Å². The number of likely N-dealkylation sites (N-methyl/N-ethyl adjacent to an activating group) is 1. The van der Waals surface area contributed by atoms with Crippen LogP contribution in [0, 0.1) is 11.3 Å². The van der Waals surface area contributed by atoms with Gasteiger partial charge in [-0.05, 0) is 37.7 Å². The zero-order valence-electron chi connectivity index (χ0n) is 18.6. The second kappa shape index (κ2) is 11.9. The molecule has 1 saturated heterocycles. The van der Waals surface area contributed by atoms with Crippen molar-refractivity contribution in [1.82, 2.24) is 10.2 Å². The van der Waals surface area contributed by atoms with Crippen molar-refractivity contribution in [3.63, 3.8) is 0 Å². The molecule has 2 aromatic carbocycles. The van der Waals surface area contributed by atoms with Crippen LogP contribution in [0.4, 0.5) is 5.69 Å². The van der Waals surface area contributed by atoms with Crippen molar-refractivity contribution in [2.75, 3.05) is 38.7 Å². The van der Waals surface area contributed by atoms with Gasteiger partial charge in [-0.2, -0.15) is 5.26 Å². The smallest absolute Gasteiger partial charge is 0.254 e. The lowest BCUT2D eigenvalue weighted by Crippen LogP contribution is -2.32. The Hall–Kier alpha value is -2.76. The summed E-state index contributed by atoms with van der Waals surface area (Å²) in [5.74, 6) is -0.883. The Morgan fingerprint density at radius 2 is 1.82 bits per heavy atom. The van der Waals surface area contributed by atoms with Gasteiger partial charge in [-0.25, -0.2) is 0 Å². The highest BCUT2D eigenvalue weighted by Crippen LogP contribution is 2.41. The van der Waals surface area contributed by atoms with Crippen LogP contribution in [0.2, 0.25) is 5.02 Å². The zero-order valence-corrected chi connectivity index (χ0v) is 20.3. The first kappa shape index (κ1) is 24.9. The number of morpholine rings is 1. The molecule has 1 fully saturated rings. The van der Waals surface area contributed by atoms with Gasteiger partial charge in [0.1, 0.15) is 0 Å². The van der Waals surface area contributed by atoms with Gasteiger partial charge in [0.25, 0.3) is 5.91 Å². The van der Waals surface area contributed by atoms with E-state index in [1.807, 2.05) is 36.4 Å². The molecule has 33 heavy (non-hydrogen) atoms. The third-order valence-electron chi connectivity index (χ3n) is 5.39. The number of dihydropyridines is 1. The number of nitrogens with one attached hydrogen (secondary N) is 2. The summed E-state index contributed by atoms with van der Waals surface area (Å²) in [5.41, 5.74) is 2.79. The molecule has 8 heteroatoms. The Balaban J connectivity index is 0.000000374. The minimum Gasteiger partial charge on any atom is -0.379 e. The summed E-state index contributed by atoms with van der Waals surface area (Å²) in [7, 11) is 2.11. The fraction of sp³-hybridized carbons (Fsp3) is 0.280. The van der Waals surface area contributed by atoms with Crippen molar-refractivity contribution in [3.05, 3.63) is 87.1 Å². The highest BCUT2D eigenvalue weighted by molar-refractivity contribution is 7.84. The summed E-state index contributed by atoms with van der Waals surface area (Å²) in [5, 5.41) is 16.5. The zero-order chi connectivity index (χ0) is 23.8. The number of ether oxygens (including phenoxy) is 1. The maximum absolute atomic E-state index is 13.0. The Kier molecular flexibility index (Phi) is 8.98. The number of benzene rings is 2. The summed E-state index contributed by atoms with van der Waals surface area (Å²) in [6.45, 7) is 5.81. The summed E-state index contributed by atoms with van der Waals surface area (Å²) in [6, 6.07) is 18.5. The van der Waals surface area contributed by atoms with E-state index in [9.17, 15) is 10.1 Å². The first-order valence-electron chi connectivity index (χ1n) is 10.6. The molecule has 0 aliphatic carbocycles. The van der Waals surface area contributed by atoms with Crippen LogP contribution in [0.15, 0.2) is 76.5 Å². The van der Waals surface area contributed by atoms with Crippen LogP contribution in [-0.4, -0.2) is 44.2 Å². The lowest BCUT2D eigenvalue weighted by molar-refractivity contribution is -0.113. The number of nitriles is 1. The van der Waals surface area contributed by atoms with Gasteiger partial charge in [-0.3, -0.25) is 4.79 Å². The van der Waals surface area contributed by atoms with Crippen molar-refractivity contribution in [2.24, 2.45) is 0 Å². The van der Waals surface area contributed by atoms with Crippen molar-refractivity contribution >= 4 is 35.8 Å². The molecule has 0 spiro atoms. The third-order valence-corrected chi connectivity index (χ3v) is 6.09. The predicted octanol–water partition coefficient (Wildman–Crippen LogP) is 4.55. The number of carbonyl (C=O) groups is 1.